The van der Waals surface area contributed by atoms with Crippen molar-refractivity contribution < 1.29 is 31.6 Å². The van der Waals surface area contributed by atoms with Gasteiger partial charge in [-0.1, -0.05) is 23.8 Å². The number of benzene rings is 2. The Kier molecular flexibility index (Phi) is 8.04. The first-order valence-corrected chi connectivity index (χ1v) is 10.5. The quantitative estimate of drug-likeness (QED) is 0.428. The van der Waals surface area contributed by atoms with Gasteiger partial charge < -0.3 is 14.2 Å². The lowest BCUT2D eigenvalue weighted by Crippen LogP contribution is -2.14. The molecule has 0 radical (unpaired) electrons. The summed E-state index contributed by atoms with van der Waals surface area (Å²) < 4.78 is 45.4. The largest absolute Gasteiger partial charge is 0.497 e. The van der Waals surface area contributed by atoms with E-state index in [-0.39, 0.29) is 30.3 Å². The Balaban J connectivity index is 2.17. The van der Waals surface area contributed by atoms with E-state index in [9.17, 15) is 13.2 Å². The SMILES string of the molecule is COC(=O)CC(CCOS(=O)(=O)c1ccc(C)cc1)c1ccc(OC)cc1OC. The molecule has 0 aliphatic rings. The first-order valence-electron chi connectivity index (χ1n) is 9.05. The van der Waals surface area contributed by atoms with Gasteiger partial charge in [0.2, 0.25) is 0 Å². The Bertz CT molecular complexity index is 921. The zero-order chi connectivity index (χ0) is 21.4. The molecule has 0 saturated heterocycles. The van der Waals surface area contributed by atoms with Crippen molar-refractivity contribution in [2.75, 3.05) is 27.9 Å². The van der Waals surface area contributed by atoms with Crippen LogP contribution in [0.2, 0.25) is 0 Å². The predicted octanol–water partition coefficient (Wildman–Crippen LogP) is 3.45. The van der Waals surface area contributed by atoms with E-state index in [1.165, 1.54) is 26.4 Å². The number of hydrogen-bond acceptors (Lipinski definition) is 7. The minimum atomic E-state index is -3.88. The summed E-state index contributed by atoms with van der Waals surface area (Å²) in [5, 5.41) is 0. The Hall–Kier alpha value is -2.58. The molecule has 0 aromatic heterocycles. The summed E-state index contributed by atoms with van der Waals surface area (Å²) in [4.78, 5) is 12.0. The van der Waals surface area contributed by atoms with Crippen LogP contribution in [0, 0.1) is 6.92 Å². The molecule has 1 atom stereocenters. The maximum absolute atomic E-state index is 12.4. The molecule has 0 bridgehead atoms. The van der Waals surface area contributed by atoms with Crippen LogP contribution in [0.1, 0.15) is 29.9 Å². The first-order chi connectivity index (χ1) is 13.8. The number of aryl methyl sites for hydroxylation is 1. The van der Waals surface area contributed by atoms with Gasteiger partial charge in [-0.15, -0.1) is 0 Å². The first kappa shape index (κ1) is 22.7. The van der Waals surface area contributed by atoms with E-state index in [1.807, 2.05) is 6.92 Å². The number of carbonyl (C=O) groups excluding carboxylic acids is 1. The van der Waals surface area contributed by atoms with Gasteiger partial charge in [0.15, 0.2) is 0 Å². The highest BCUT2D eigenvalue weighted by Gasteiger charge is 2.23. The fraction of sp³-hybridized carbons (Fsp3) is 0.381. The lowest BCUT2D eigenvalue weighted by atomic mass is 9.92. The van der Waals surface area contributed by atoms with Crippen LogP contribution in [0.25, 0.3) is 0 Å². The van der Waals surface area contributed by atoms with Gasteiger partial charge in [0.05, 0.1) is 39.3 Å². The Morgan fingerprint density at radius 1 is 1.00 bits per heavy atom. The van der Waals surface area contributed by atoms with Crippen molar-refractivity contribution in [1.29, 1.82) is 0 Å². The molecular weight excluding hydrogens is 396 g/mol. The van der Waals surface area contributed by atoms with Gasteiger partial charge in [-0.2, -0.15) is 8.42 Å². The van der Waals surface area contributed by atoms with Crippen LogP contribution in [0.5, 0.6) is 11.5 Å². The van der Waals surface area contributed by atoms with Gasteiger partial charge in [-0.3, -0.25) is 8.98 Å². The summed E-state index contributed by atoms with van der Waals surface area (Å²) in [6, 6.07) is 11.7. The van der Waals surface area contributed by atoms with Crippen molar-refractivity contribution in [1.82, 2.24) is 0 Å². The Morgan fingerprint density at radius 2 is 1.69 bits per heavy atom. The van der Waals surface area contributed by atoms with Crippen molar-refractivity contribution in [2.45, 2.75) is 30.6 Å². The van der Waals surface area contributed by atoms with E-state index in [1.54, 1.807) is 37.4 Å². The number of rotatable bonds is 10. The van der Waals surface area contributed by atoms with Crippen LogP contribution < -0.4 is 9.47 Å². The van der Waals surface area contributed by atoms with Gasteiger partial charge in [-0.25, -0.2) is 0 Å². The van der Waals surface area contributed by atoms with Crippen molar-refractivity contribution in [3.8, 4) is 11.5 Å². The molecule has 158 valence electrons. The molecule has 8 heteroatoms. The van der Waals surface area contributed by atoms with Crippen molar-refractivity contribution in [2.24, 2.45) is 0 Å². The predicted molar refractivity (Wildman–Crippen MR) is 108 cm³/mol. The molecule has 0 fully saturated rings. The number of methoxy groups -OCH3 is 3. The molecule has 0 N–H and O–H groups in total. The van der Waals surface area contributed by atoms with Gasteiger partial charge in [0, 0.05) is 12.0 Å². The van der Waals surface area contributed by atoms with Crippen molar-refractivity contribution in [3.63, 3.8) is 0 Å². The molecule has 0 spiro atoms. The summed E-state index contributed by atoms with van der Waals surface area (Å²) >= 11 is 0. The number of carbonyl (C=O) groups is 1. The van der Waals surface area contributed by atoms with Crippen molar-refractivity contribution in [3.05, 3.63) is 53.6 Å². The Morgan fingerprint density at radius 3 is 2.28 bits per heavy atom. The van der Waals surface area contributed by atoms with E-state index in [4.69, 9.17) is 18.4 Å². The molecule has 0 aliphatic heterocycles. The molecule has 0 heterocycles. The zero-order valence-corrected chi connectivity index (χ0v) is 17.8. The fourth-order valence-corrected chi connectivity index (χ4v) is 3.80. The summed E-state index contributed by atoms with van der Waals surface area (Å²) in [5.41, 5.74) is 1.70. The molecule has 2 aromatic rings. The maximum atomic E-state index is 12.4. The lowest BCUT2D eigenvalue weighted by Gasteiger charge is -2.19. The summed E-state index contributed by atoms with van der Waals surface area (Å²) in [5.74, 6) is 0.394. The van der Waals surface area contributed by atoms with Crippen molar-refractivity contribution >= 4 is 16.1 Å². The molecule has 2 aromatic carbocycles. The van der Waals surface area contributed by atoms with Gasteiger partial charge in [0.25, 0.3) is 10.1 Å². The maximum Gasteiger partial charge on any atom is 0.306 e. The van der Waals surface area contributed by atoms with Crippen LogP contribution in [-0.4, -0.2) is 42.3 Å². The minimum absolute atomic E-state index is 0.0626. The molecule has 0 saturated carbocycles. The normalized spacial score (nSPS) is 12.3. The van der Waals surface area contributed by atoms with Crippen LogP contribution in [0.3, 0.4) is 0 Å². The summed E-state index contributed by atoms with van der Waals surface area (Å²) in [6.45, 7) is 1.78. The molecule has 2 rings (SSSR count). The Labute approximate surface area is 171 Å². The van der Waals surface area contributed by atoms with E-state index in [0.29, 0.717) is 11.5 Å². The van der Waals surface area contributed by atoms with E-state index < -0.39 is 16.1 Å². The van der Waals surface area contributed by atoms with E-state index >= 15 is 0 Å². The smallest absolute Gasteiger partial charge is 0.306 e. The second kappa shape index (κ2) is 10.3. The van der Waals surface area contributed by atoms with Crippen LogP contribution in [0.15, 0.2) is 47.4 Å². The molecule has 1 unspecified atom stereocenters. The van der Waals surface area contributed by atoms with Gasteiger partial charge >= 0.3 is 5.97 Å². The monoisotopic (exact) mass is 422 g/mol. The molecule has 29 heavy (non-hydrogen) atoms. The highest BCUT2D eigenvalue weighted by atomic mass is 32.2. The molecule has 0 aliphatic carbocycles. The highest BCUT2D eigenvalue weighted by Crippen LogP contribution is 2.35. The van der Waals surface area contributed by atoms with Crippen LogP contribution in [0.4, 0.5) is 0 Å². The van der Waals surface area contributed by atoms with Crippen LogP contribution in [-0.2, 0) is 23.8 Å². The lowest BCUT2D eigenvalue weighted by molar-refractivity contribution is -0.141. The topological polar surface area (TPSA) is 88.1 Å². The molecular formula is C21H26O7S. The number of esters is 1. The average Bonchev–Trinajstić information content (AvgIpc) is 2.72. The summed E-state index contributed by atoms with van der Waals surface area (Å²) in [6.07, 6.45) is 0.343. The zero-order valence-electron chi connectivity index (χ0n) is 17.0. The summed E-state index contributed by atoms with van der Waals surface area (Å²) in [7, 11) is 0.491. The van der Waals surface area contributed by atoms with Gasteiger partial charge in [-0.05, 0) is 37.1 Å². The van der Waals surface area contributed by atoms with E-state index in [0.717, 1.165) is 11.1 Å². The third-order valence-corrected chi connectivity index (χ3v) is 5.86. The van der Waals surface area contributed by atoms with E-state index in [2.05, 4.69) is 0 Å². The average molecular weight is 422 g/mol. The second-order valence-corrected chi connectivity index (χ2v) is 8.08. The third-order valence-electron chi connectivity index (χ3n) is 4.54. The van der Waals surface area contributed by atoms with Gasteiger partial charge in [0.1, 0.15) is 11.5 Å². The number of ether oxygens (including phenoxy) is 3. The highest BCUT2D eigenvalue weighted by molar-refractivity contribution is 7.86. The number of hydrogen-bond donors (Lipinski definition) is 0. The third kappa shape index (κ3) is 6.20. The minimum Gasteiger partial charge on any atom is -0.497 e. The fourth-order valence-electron chi connectivity index (χ4n) is 2.88. The van der Waals surface area contributed by atoms with Crippen LogP contribution >= 0.6 is 0 Å². The standard InChI is InChI=1S/C21H26O7S/c1-15-5-8-18(9-6-15)29(23,24)28-12-11-16(13-21(22)27-4)19-10-7-17(25-2)14-20(19)26-3/h5-10,14,16H,11-13H2,1-4H3. The second-order valence-electron chi connectivity index (χ2n) is 6.46. The molecule has 7 nitrogen and oxygen atoms in total. The molecule has 0 amide bonds.